The fraction of sp³-hybridized carbons (Fsp3) is 0.467. The van der Waals surface area contributed by atoms with Crippen LogP contribution in [0.5, 0.6) is 0 Å². The van der Waals surface area contributed by atoms with E-state index < -0.39 is 0 Å². The number of hydrogen-bond acceptors (Lipinski definition) is 4. The number of rotatable bonds is 10. The summed E-state index contributed by atoms with van der Waals surface area (Å²) in [5, 5.41) is 5.58. The zero-order chi connectivity index (χ0) is 16.2. The molecular formula is C15H21BrN2O3S. The topological polar surface area (TPSA) is 67.4 Å². The van der Waals surface area contributed by atoms with Crippen LogP contribution in [0.25, 0.3) is 0 Å². The first-order chi connectivity index (χ1) is 10.6. The molecule has 2 amide bonds. The second-order valence-corrected chi connectivity index (χ2v) is 6.35. The van der Waals surface area contributed by atoms with Gasteiger partial charge in [0.15, 0.2) is 0 Å². The van der Waals surface area contributed by atoms with Gasteiger partial charge in [-0.2, -0.15) is 0 Å². The number of halogens is 1. The van der Waals surface area contributed by atoms with Gasteiger partial charge in [-0.25, -0.2) is 0 Å². The molecule has 0 saturated carbocycles. The number of ether oxygens (including phenoxy) is 1. The van der Waals surface area contributed by atoms with Gasteiger partial charge < -0.3 is 15.4 Å². The minimum absolute atomic E-state index is 0.0586. The van der Waals surface area contributed by atoms with Gasteiger partial charge in [0.1, 0.15) is 0 Å². The van der Waals surface area contributed by atoms with Crippen molar-refractivity contribution in [1.29, 1.82) is 0 Å². The molecule has 1 aromatic rings. The molecule has 22 heavy (non-hydrogen) atoms. The second-order valence-electron chi connectivity index (χ2n) is 4.45. The maximum Gasteiger partial charge on any atom is 0.234 e. The Balaban J connectivity index is 2.10. The van der Waals surface area contributed by atoms with Gasteiger partial charge in [-0.05, 0) is 31.5 Å². The van der Waals surface area contributed by atoms with E-state index in [4.69, 9.17) is 4.74 Å². The smallest absolute Gasteiger partial charge is 0.234 e. The van der Waals surface area contributed by atoms with Crippen molar-refractivity contribution in [2.24, 2.45) is 0 Å². The second kappa shape index (κ2) is 11.5. The molecule has 5 nitrogen and oxygen atoms in total. The Morgan fingerprint density at radius 1 is 1.27 bits per heavy atom. The molecule has 7 heteroatoms. The summed E-state index contributed by atoms with van der Waals surface area (Å²) in [5.41, 5.74) is 0.736. The van der Waals surface area contributed by atoms with Gasteiger partial charge in [0.05, 0.1) is 11.5 Å². The molecule has 0 radical (unpaired) electrons. The first kappa shape index (κ1) is 19.0. The van der Waals surface area contributed by atoms with Crippen molar-refractivity contribution in [3.05, 3.63) is 28.7 Å². The SMILES string of the molecule is CCOCCCNC(=O)CSCC(=O)Nc1cccc(Br)c1. The summed E-state index contributed by atoms with van der Waals surface area (Å²) >= 11 is 4.64. The molecule has 0 aliphatic heterocycles. The number of nitrogens with one attached hydrogen (secondary N) is 2. The molecule has 2 N–H and O–H groups in total. The van der Waals surface area contributed by atoms with Crippen molar-refractivity contribution in [3.63, 3.8) is 0 Å². The van der Waals surface area contributed by atoms with Crippen LogP contribution in [0.15, 0.2) is 28.7 Å². The zero-order valence-corrected chi connectivity index (χ0v) is 15.0. The summed E-state index contributed by atoms with van der Waals surface area (Å²) < 4.78 is 6.09. The molecule has 1 rings (SSSR count). The highest BCUT2D eigenvalue weighted by atomic mass is 79.9. The predicted octanol–water partition coefficient (Wildman–Crippen LogP) is 2.66. The van der Waals surface area contributed by atoms with Crippen LogP contribution >= 0.6 is 27.7 Å². The number of carbonyl (C=O) groups excluding carboxylic acids is 2. The lowest BCUT2D eigenvalue weighted by atomic mass is 10.3. The van der Waals surface area contributed by atoms with Crippen LogP contribution in [-0.2, 0) is 14.3 Å². The summed E-state index contributed by atoms with van der Waals surface area (Å²) in [6.07, 6.45) is 0.799. The largest absolute Gasteiger partial charge is 0.382 e. The lowest BCUT2D eigenvalue weighted by molar-refractivity contribution is -0.118. The van der Waals surface area contributed by atoms with Gasteiger partial charge in [0.2, 0.25) is 11.8 Å². The minimum Gasteiger partial charge on any atom is -0.382 e. The highest BCUT2D eigenvalue weighted by Crippen LogP contribution is 2.15. The first-order valence-corrected chi connectivity index (χ1v) is 9.04. The van der Waals surface area contributed by atoms with Crippen LogP contribution in [0.1, 0.15) is 13.3 Å². The van der Waals surface area contributed by atoms with Crippen LogP contribution in [0.3, 0.4) is 0 Å². The Kier molecular flexibility index (Phi) is 9.94. The van der Waals surface area contributed by atoms with Gasteiger partial charge >= 0.3 is 0 Å². The molecular weight excluding hydrogens is 368 g/mol. The first-order valence-electron chi connectivity index (χ1n) is 7.09. The summed E-state index contributed by atoms with van der Waals surface area (Å²) in [4.78, 5) is 23.3. The molecule has 0 bridgehead atoms. The summed E-state index contributed by atoms with van der Waals surface area (Å²) in [7, 11) is 0. The normalized spacial score (nSPS) is 10.3. The van der Waals surface area contributed by atoms with E-state index in [9.17, 15) is 9.59 Å². The van der Waals surface area contributed by atoms with Crippen LogP contribution < -0.4 is 10.6 Å². The molecule has 0 heterocycles. The standard InChI is InChI=1S/C15H21BrN2O3S/c1-2-21-8-4-7-17-14(19)10-22-11-15(20)18-13-6-3-5-12(16)9-13/h3,5-6,9H,2,4,7-8,10-11H2,1H3,(H,17,19)(H,18,20). The van der Waals surface area contributed by atoms with E-state index in [-0.39, 0.29) is 23.3 Å². The molecule has 0 spiro atoms. The minimum atomic E-state index is -0.118. The molecule has 0 aliphatic rings. The Labute approximate surface area is 143 Å². The maximum atomic E-state index is 11.7. The summed E-state index contributed by atoms with van der Waals surface area (Å²) in [6.45, 7) is 3.88. The third-order valence-corrected chi connectivity index (χ3v) is 3.99. The number of benzene rings is 1. The summed E-state index contributed by atoms with van der Waals surface area (Å²) in [5.74, 6) is 0.350. The average molecular weight is 389 g/mol. The zero-order valence-electron chi connectivity index (χ0n) is 12.6. The third kappa shape index (κ3) is 9.07. The average Bonchev–Trinajstić information content (AvgIpc) is 2.47. The Bertz CT molecular complexity index is 486. The lowest BCUT2D eigenvalue weighted by Gasteiger charge is -2.06. The van der Waals surface area contributed by atoms with E-state index in [1.165, 1.54) is 11.8 Å². The number of thioether (sulfide) groups is 1. The number of amides is 2. The Morgan fingerprint density at radius 2 is 2.05 bits per heavy atom. The predicted molar refractivity (Wildman–Crippen MR) is 94.2 cm³/mol. The highest BCUT2D eigenvalue weighted by Gasteiger charge is 2.06. The van der Waals surface area contributed by atoms with Crippen molar-refractivity contribution in [2.75, 3.05) is 36.6 Å². The number of hydrogen-bond donors (Lipinski definition) is 2. The van der Waals surface area contributed by atoms with Crippen LogP contribution in [0.2, 0.25) is 0 Å². The molecule has 0 aliphatic carbocycles. The van der Waals surface area contributed by atoms with Crippen molar-refractivity contribution >= 4 is 45.2 Å². The van der Waals surface area contributed by atoms with E-state index in [2.05, 4.69) is 26.6 Å². The van der Waals surface area contributed by atoms with Crippen LogP contribution in [0.4, 0.5) is 5.69 Å². The fourth-order valence-electron chi connectivity index (χ4n) is 1.60. The van der Waals surface area contributed by atoms with Crippen molar-refractivity contribution in [2.45, 2.75) is 13.3 Å². The third-order valence-electron chi connectivity index (χ3n) is 2.57. The van der Waals surface area contributed by atoms with Gasteiger partial charge in [-0.15, -0.1) is 11.8 Å². The summed E-state index contributed by atoms with van der Waals surface area (Å²) in [6, 6.07) is 7.38. The van der Waals surface area contributed by atoms with E-state index in [1.807, 2.05) is 31.2 Å². The van der Waals surface area contributed by atoms with E-state index in [0.717, 1.165) is 16.6 Å². The Hall–Kier alpha value is -1.05. The number of anilines is 1. The van der Waals surface area contributed by atoms with Gasteiger partial charge in [0.25, 0.3) is 0 Å². The molecule has 0 unspecified atom stereocenters. The molecule has 1 aromatic carbocycles. The maximum absolute atomic E-state index is 11.7. The van der Waals surface area contributed by atoms with E-state index in [1.54, 1.807) is 0 Å². The van der Waals surface area contributed by atoms with Gasteiger partial charge in [-0.3, -0.25) is 9.59 Å². The van der Waals surface area contributed by atoms with Crippen LogP contribution in [0, 0.1) is 0 Å². The molecule has 0 saturated heterocycles. The molecule has 0 aromatic heterocycles. The Morgan fingerprint density at radius 3 is 2.77 bits per heavy atom. The lowest BCUT2D eigenvalue weighted by Crippen LogP contribution is -2.27. The molecule has 0 fully saturated rings. The molecule has 122 valence electrons. The highest BCUT2D eigenvalue weighted by molar-refractivity contribution is 9.10. The van der Waals surface area contributed by atoms with E-state index in [0.29, 0.717) is 19.8 Å². The number of carbonyl (C=O) groups is 2. The van der Waals surface area contributed by atoms with Gasteiger partial charge in [-0.1, -0.05) is 22.0 Å². The van der Waals surface area contributed by atoms with Crippen molar-refractivity contribution < 1.29 is 14.3 Å². The van der Waals surface area contributed by atoms with Crippen LogP contribution in [-0.4, -0.2) is 43.1 Å². The quantitative estimate of drug-likeness (QED) is 0.604. The monoisotopic (exact) mass is 388 g/mol. The fourth-order valence-corrected chi connectivity index (χ4v) is 2.64. The van der Waals surface area contributed by atoms with Crippen molar-refractivity contribution in [3.8, 4) is 0 Å². The van der Waals surface area contributed by atoms with Crippen molar-refractivity contribution in [1.82, 2.24) is 5.32 Å². The molecule has 0 atom stereocenters. The van der Waals surface area contributed by atoms with E-state index >= 15 is 0 Å². The van der Waals surface area contributed by atoms with Gasteiger partial charge in [0, 0.05) is 29.9 Å².